The summed E-state index contributed by atoms with van der Waals surface area (Å²) in [4.78, 5) is 26.3. The van der Waals surface area contributed by atoms with Crippen LogP contribution in [-0.2, 0) is 27.3 Å². The molecule has 2 N–H and O–H groups in total. The number of aryl methyl sites for hydroxylation is 1. The van der Waals surface area contributed by atoms with E-state index in [1.54, 1.807) is 61.4 Å². The molecule has 0 spiro atoms. The molecule has 0 bridgehead atoms. The number of hydrogen-bond acceptors (Lipinski definition) is 6. The van der Waals surface area contributed by atoms with E-state index in [9.17, 15) is 19.1 Å². The van der Waals surface area contributed by atoms with Gasteiger partial charge < -0.3 is 34.3 Å². The van der Waals surface area contributed by atoms with Gasteiger partial charge in [-0.15, -0.1) is 0 Å². The highest BCUT2D eigenvalue weighted by Gasteiger charge is 2.18. The molecule has 0 saturated carbocycles. The van der Waals surface area contributed by atoms with Crippen LogP contribution in [0.1, 0.15) is 30.0 Å². The van der Waals surface area contributed by atoms with Crippen LogP contribution in [-0.4, -0.2) is 68.1 Å². The number of rotatable bonds is 17. The number of carbonyl (C=O) groups is 2. The zero-order valence-corrected chi connectivity index (χ0v) is 24.3. The van der Waals surface area contributed by atoms with Crippen molar-refractivity contribution < 1.29 is 38.0 Å². The topological polar surface area (TPSA) is 107 Å². The first-order valence-electron chi connectivity index (χ1n) is 13.9. The van der Waals surface area contributed by atoms with Crippen molar-refractivity contribution >= 4 is 17.7 Å². The number of nitrogens with zero attached hydrogens (tertiary/aromatic N) is 1. The molecule has 3 aromatic rings. The highest BCUT2D eigenvalue weighted by Crippen LogP contribution is 2.25. The first kappa shape index (κ1) is 32.4. The summed E-state index contributed by atoms with van der Waals surface area (Å²) in [5, 5.41) is 12.2. The Morgan fingerprint density at radius 3 is 2.36 bits per heavy atom. The second-order valence-corrected chi connectivity index (χ2v) is 9.63. The highest BCUT2D eigenvalue weighted by atomic mass is 19.1. The number of urea groups is 1. The number of nitrogens with one attached hydrogen (secondary N) is 1. The molecule has 0 radical (unpaired) electrons. The van der Waals surface area contributed by atoms with Crippen LogP contribution in [0.2, 0.25) is 0 Å². The molecule has 10 heteroatoms. The molecule has 0 aliphatic carbocycles. The Kier molecular flexibility index (Phi) is 13.1. The number of anilines is 1. The monoisotopic (exact) mass is 582 g/mol. The fourth-order valence-corrected chi connectivity index (χ4v) is 4.19. The minimum absolute atomic E-state index is 0.241. The van der Waals surface area contributed by atoms with Gasteiger partial charge in [-0.05, 0) is 73.4 Å². The molecule has 0 heterocycles. The third-order valence-electron chi connectivity index (χ3n) is 6.40. The van der Waals surface area contributed by atoms with Crippen LogP contribution in [0.4, 0.5) is 14.9 Å². The van der Waals surface area contributed by atoms with Gasteiger partial charge in [0.1, 0.15) is 23.9 Å². The lowest BCUT2D eigenvalue weighted by Gasteiger charge is -2.24. The van der Waals surface area contributed by atoms with E-state index in [1.165, 1.54) is 12.1 Å². The Labute approximate surface area is 246 Å². The maximum Gasteiger partial charge on any atom is 0.333 e. The summed E-state index contributed by atoms with van der Waals surface area (Å²) in [5.74, 6) is -0.135. The van der Waals surface area contributed by atoms with Crippen molar-refractivity contribution in [2.45, 2.75) is 39.4 Å². The Morgan fingerprint density at radius 2 is 1.69 bits per heavy atom. The number of carboxylic acids is 1. The fourth-order valence-electron chi connectivity index (χ4n) is 4.19. The van der Waals surface area contributed by atoms with Gasteiger partial charge in [0, 0.05) is 26.2 Å². The van der Waals surface area contributed by atoms with E-state index in [4.69, 9.17) is 18.9 Å². The first-order valence-corrected chi connectivity index (χ1v) is 13.9. The Balaban J connectivity index is 1.56. The zero-order chi connectivity index (χ0) is 30.3. The number of methoxy groups -OCH3 is 1. The molecule has 0 aliphatic heterocycles. The largest absolute Gasteiger partial charge is 0.495 e. The van der Waals surface area contributed by atoms with Gasteiger partial charge in [0.05, 0.1) is 25.9 Å². The summed E-state index contributed by atoms with van der Waals surface area (Å²) in [7, 11) is 1.55. The zero-order valence-electron chi connectivity index (χ0n) is 24.3. The SMILES string of the molecule is CCOC(Cc1ccc(OCCN(CCCOCc2ccc(F)cc2)C(=O)Nc2cc(C)ccc2OC)cc1)C(=O)O. The van der Waals surface area contributed by atoms with Gasteiger partial charge >= 0.3 is 12.0 Å². The van der Waals surface area contributed by atoms with Crippen LogP contribution < -0.4 is 14.8 Å². The summed E-state index contributed by atoms with van der Waals surface area (Å²) in [6, 6.07) is 18.5. The molecular formula is C32H39FN2O7. The lowest BCUT2D eigenvalue weighted by atomic mass is 10.1. The van der Waals surface area contributed by atoms with E-state index < -0.39 is 12.1 Å². The summed E-state index contributed by atoms with van der Waals surface area (Å²) < 4.78 is 35.4. The van der Waals surface area contributed by atoms with E-state index in [2.05, 4.69) is 5.32 Å². The Hall–Kier alpha value is -4.15. The van der Waals surface area contributed by atoms with Crippen LogP contribution >= 0.6 is 0 Å². The molecule has 2 amide bonds. The smallest absolute Gasteiger partial charge is 0.333 e. The van der Waals surface area contributed by atoms with Gasteiger partial charge in [0.15, 0.2) is 6.10 Å². The molecule has 1 atom stereocenters. The molecular weight excluding hydrogens is 543 g/mol. The van der Waals surface area contributed by atoms with Crippen molar-refractivity contribution in [3.05, 3.63) is 89.2 Å². The number of hydrogen-bond donors (Lipinski definition) is 2. The van der Waals surface area contributed by atoms with Crippen LogP contribution in [0.15, 0.2) is 66.7 Å². The number of carboxylic acid groups (broad SMARTS) is 1. The van der Waals surface area contributed by atoms with Crippen LogP contribution in [0.3, 0.4) is 0 Å². The van der Waals surface area contributed by atoms with Crippen molar-refractivity contribution in [1.29, 1.82) is 0 Å². The Bertz CT molecular complexity index is 1270. The second-order valence-electron chi connectivity index (χ2n) is 9.63. The molecule has 9 nitrogen and oxygen atoms in total. The molecule has 0 saturated heterocycles. The lowest BCUT2D eigenvalue weighted by molar-refractivity contribution is -0.149. The van der Waals surface area contributed by atoms with Crippen molar-refractivity contribution in [2.75, 3.05) is 45.3 Å². The minimum atomic E-state index is -1.00. The maximum absolute atomic E-state index is 13.3. The van der Waals surface area contributed by atoms with Gasteiger partial charge in [-0.25, -0.2) is 14.0 Å². The predicted molar refractivity (Wildman–Crippen MR) is 158 cm³/mol. The molecule has 3 aromatic carbocycles. The van der Waals surface area contributed by atoms with E-state index in [1.807, 2.05) is 19.1 Å². The van der Waals surface area contributed by atoms with Gasteiger partial charge in [-0.1, -0.05) is 30.3 Å². The average Bonchev–Trinajstić information content (AvgIpc) is 2.97. The fraction of sp³-hybridized carbons (Fsp3) is 0.375. The molecule has 0 fully saturated rings. The van der Waals surface area contributed by atoms with Gasteiger partial charge in [-0.3, -0.25) is 0 Å². The van der Waals surface area contributed by atoms with Gasteiger partial charge in [0.2, 0.25) is 0 Å². The number of amides is 2. The normalized spacial score (nSPS) is 11.5. The summed E-state index contributed by atoms with van der Waals surface area (Å²) >= 11 is 0. The number of ether oxygens (including phenoxy) is 4. The number of benzene rings is 3. The second kappa shape index (κ2) is 17.0. The van der Waals surface area contributed by atoms with Gasteiger partial charge in [-0.2, -0.15) is 0 Å². The quantitative estimate of drug-likeness (QED) is 0.197. The minimum Gasteiger partial charge on any atom is -0.495 e. The molecule has 226 valence electrons. The van der Waals surface area contributed by atoms with Crippen molar-refractivity contribution in [3.63, 3.8) is 0 Å². The molecule has 0 aliphatic rings. The highest BCUT2D eigenvalue weighted by molar-refractivity contribution is 5.91. The first-order chi connectivity index (χ1) is 20.3. The van der Waals surface area contributed by atoms with Crippen LogP contribution in [0, 0.1) is 12.7 Å². The number of aliphatic carboxylic acids is 1. The number of carbonyl (C=O) groups excluding carboxylic acids is 1. The average molecular weight is 583 g/mol. The summed E-state index contributed by atoms with van der Waals surface area (Å²) in [6.07, 6.45) is -0.0671. The van der Waals surface area contributed by atoms with Crippen molar-refractivity contribution in [1.82, 2.24) is 4.90 Å². The van der Waals surface area contributed by atoms with E-state index in [-0.39, 0.29) is 24.9 Å². The summed E-state index contributed by atoms with van der Waals surface area (Å²) in [6.45, 7) is 5.74. The summed E-state index contributed by atoms with van der Waals surface area (Å²) in [5.41, 5.74) is 3.24. The van der Waals surface area contributed by atoms with E-state index >= 15 is 0 Å². The molecule has 0 aromatic heterocycles. The van der Waals surface area contributed by atoms with Crippen LogP contribution in [0.5, 0.6) is 11.5 Å². The van der Waals surface area contributed by atoms with Gasteiger partial charge in [0.25, 0.3) is 0 Å². The standard InChI is InChI=1S/C32H39FN2O7/c1-4-41-30(31(36)37)21-24-9-13-27(14-10-24)42-19-17-35(16-5-18-40-22-25-7-11-26(33)12-8-25)32(38)34-28-20-23(2)6-15-29(28)39-3/h6-15,20,30H,4-5,16-19,21-22H2,1-3H3,(H,34,38)(H,36,37). The maximum atomic E-state index is 13.3. The molecule has 3 rings (SSSR count). The number of halogens is 1. The van der Waals surface area contributed by atoms with Crippen molar-refractivity contribution in [2.24, 2.45) is 0 Å². The molecule has 1 unspecified atom stereocenters. The third-order valence-corrected chi connectivity index (χ3v) is 6.40. The van der Waals surface area contributed by atoms with E-state index in [0.29, 0.717) is 56.5 Å². The van der Waals surface area contributed by atoms with E-state index in [0.717, 1.165) is 16.7 Å². The van der Waals surface area contributed by atoms with Crippen molar-refractivity contribution in [3.8, 4) is 11.5 Å². The lowest BCUT2D eigenvalue weighted by Crippen LogP contribution is -2.39. The van der Waals surface area contributed by atoms with Crippen LogP contribution in [0.25, 0.3) is 0 Å². The Morgan fingerprint density at radius 1 is 0.976 bits per heavy atom. The predicted octanol–water partition coefficient (Wildman–Crippen LogP) is 5.69. The molecule has 42 heavy (non-hydrogen) atoms. The third kappa shape index (κ3) is 10.7.